The standard InChI is InChI=1S/C17H24N2O/c1-11-4-5-13(12(2)8-11)10-19(3)17(20)15-9-14-6-7-16(15)18-14/h4-5,8,14-16,18H,6-7,9-10H2,1-3H3. The van der Waals surface area contributed by atoms with E-state index in [0.717, 1.165) is 13.0 Å². The summed E-state index contributed by atoms with van der Waals surface area (Å²) in [6.07, 6.45) is 3.44. The monoisotopic (exact) mass is 272 g/mol. The lowest BCUT2D eigenvalue weighted by Gasteiger charge is -2.26. The van der Waals surface area contributed by atoms with Crippen molar-refractivity contribution in [1.29, 1.82) is 0 Å². The third kappa shape index (κ3) is 2.47. The van der Waals surface area contributed by atoms with Crippen molar-refractivity contribution in [3.05, 3.63) is 34.9 Å². The number of hydrogen-bond acceptors (Lipinski definition) is 2. The van der Waals surface area contributed by atoms with E-state index < -0.39 is 0 Å². The average molecular weight is 272 g/mol. The van der Waals surface area contributed by atoms with E-state index in [1.807, 2.05) is 11.9 Å². The maximum absolute atomic E-state index is 12.6. The topological polar surface area (TPSA) is 32.3 Å². The van der Waals surface area contributed by atoms with Gasteiger partial charge in [-0.2, -0.15) is 0 Å². The fourth-order valence-corrected chi connectivity index (χ4v) is 3.74. The number of carbonyl (C=O) groups is 1. The Labute approximate surface area is 121 Å². The molecule has 3 nitrogen and oxygen atoms in total. The number of benzene rings is 1. The Bertz CT molecular complexity index is 526. The first-order chi connectivity index (χ1) is 9.54. The first kappa shape index (κ1) is 13.6. The second-order valence-corrected chi connectivity index (χ2v) is 6.51. The number of hydrogen-bond donors (Lipinski definition) is 1. The van der Waals surface area contributed by atoms with E-state index in [9.17, 15) is 4.79 Å². The van der Waals surface area contributed by atoms with Crippen LogP contribution >= 0.6 is 0 Å². The molecule has 20 heavy (non-hydrogen) atoms. The minimum Gasteiger partial charge on any atom is -0.341 e. The molecule has 2 fully saturated rings. The number of nitrogens with one attached hydrogen (secondary N) is 1. The van der Waals surface area contributed by atoms with Gasteiger partial charge in [-0.25, -0.2) is 0 Å². The van der Waals surface area contributed by atoms with Gasteiger partial charge in [0.25, 0.3) is 0 Å². The molecule has 2 aliphatic heterocycles. The van der Waals surface area contributed by atoms with Crippen molar-refractivity contribution in [2.24, 2.45) is 5.92 Å². The molecule has 1 N–H and O–H groups in total. The lowest BCUT2D eigenvalue weighted by atomic mass is 9.88. The van der Waals surface area contributed by atoms with Gasteiger partial charge in [-0.1, -0.05) is 23.8 Å². The van der Waals surface area contributed by atoms with Crippen LogP contribution < -0.4 is 5.32 Å². The lowest BCUT2D eigenvalue weighted by Crippen LogP contribution is -2.38. The Morgan fingerprint density at radius 2 is 2.15 bits per heavy atom. The largest absolute Gasteiger partial charge is 0.341 e. The molecule has 3 atom stereocenters. The van der Waals surface area contributed by atoms with Crippen molar-refractivity contribution < 1.29 is 4.79 Å². The van der Waals surface area contributed by atoms with Gasteiger partial charge in [0.1, 0.15) is 0 Å². The van der Waals surface area contributed by atoms with Crippen molar-refractivity contribution in [2.45, 2.75) is 51.7 Å². The molecule has 2 aliphatic rings. The number of nitrogens with zero attached hydrogens (tertiary/aromatic N) is 1. The molecular formula is C17H24N2O. The summed E-state index contributed by atoms with van der Waals surface area (Å²) in [4.78, 5) is 14.5. The van der Waals surface area contributed by atoms with E-state index in [1.165, 1.54) is 29.5 Å². The molecule has 1 aromatic rings. The summed E-state index contributed by atoms with van der Waals surface area (Å²) in [7, 11) is 1.94. The summed E-state index contributed by atoms with van der Waals surface area (Å²) in [5.74, 6) is 0.508. The Hall–Kier alpha value is -1.35. The molecule has 0 saturated carbocycles. The molecule has 1 amide bonds. The number of aryl methyl sites for hydroxylation is 2. The van der Waals surface area contributed by atoms with Gasteiger partial charge < -0.3 is 10.2 Å². The van der Waals surface area contributed by atoms with Crippen molar-refractivity contribution >= 4 is 5.91 Å². The first-order valence-electron chi connectivity index (χ1n) is 7.62. The zero-order chi connectivity index (χ0) is 14.3. The zero-order valence-electron chi connectivity index (χ0n) is 12.6. The van der Waals surface area contributed by atoms with E-state index in [0.29, 0.717) is 18.0 Å². The summed E-state index contributed by atoms with van der Waals surface area (Å²) in [5, 5.41) is 3.55. The normalized spacial score (nSPS) is 27.9. The number of carbonyl (C=O) groups excluding carboxylic acids is 1. The summed E-state index contributed by atoms with van der Waals surface area (Å²) in [6.45, 7) is 4.95. The SMILES string of the molecule is Cc1ccc(CN(C)C(=O)C2CC3CCC2N3)c(C)c1. The van der Waals surface area contributed by atoms with Crippen molar-refractivity contribution in [2.75, 3.05) is 7.05 Å². The highest BCUT2D eigenvalue weighted by atomic mass is 16.2. The summed E-state index contributed by atoms with van der Waals surface area (Å²) < 4.78 is 0. The van der Waals surface area contributed by atoms with Crippen LogP contribution in [0.1, 0.15) is 36.0 Å². The van der Waals surface area contributed by atoms with E-state index in [4.69, 9.17) is 0 Å². The summed E-state index contributed by atoms with van der Waals surface area (Å²) >= 11 is 0. The predicted molar refractivity (Wildman–Crippen MR) is 80.4 cm³/mol. The fraction of sp³-hybridized carbons (Fsp3) is 0.588. The summed E-state index contributed by atoms with van der Waals surface area (Å²) in [6, 6.07) is 7.47. The molecule has 3 unspecified atom stereocenters. The molecule has 0 radical (unpaired) electrons. The Morgan fingerprint density at radius 1 is 1.35 bits per heavy atom. The Kier molecular flexibility index (Phi) is 3.55. The third-order valence-corrected chi connectivity index (χ3v) is 4.90. The van der Waals surface area contributed by atoms with Crippen LogP contribution in [-0.2, 0) is 11.3 Å². The number of fused-ring (bicyclic) bond motifs is 2. The molecular weight excluding hydrogens is 248 g/mol. The zero-order valence-corrected chi connectivity index (χ0v) is 12.6. The van der Waals surface area contributed by atoms with Crippen molar-refractivity contribution in [1.82, 2.24) is 10.2 Å². The van der Waals surface area contributed by atoms with Crippen LogP contribution in [0.4, 0.5) is 0 Å². The van der Waals surface area contributed by atoms with Crippen LogP contribution in [0, 0.1) is 19.8 Å². The minimum absolute atomic E-state index is 0.199. The molecule has 1 aromatic carbocycles. The van der Waals surface area contributed by atoms with Gasteiger partial charge in [0.15, 0.2) is 0 Å². The molecule has 0 spiro atoms. The first-order valence-corrected chi connectivity index (χ1v) is 7.62. The van der Waals surface area contributed by atoms with Gasteiger partial charge in [0, 0.05) is 25.7 Å². The fourth-order valence-electron chi connectivity index (χ4n) is 3.74. The van der Waals surface area contributed by atoms with Crippen molar-refractivity contribution in [3.8, 4) is 0 Å². The molecule has 108 valence electrons. The molecule has 2 saturated heterocycles. The van der Waals surface area contributed by atoms with Crippen LogP contribution in [0.15, 0.2) is 18.2 Å². The summed E-state index contributed by atoms with van der Waals surface area (Å²) in [5.41, 5.74) is 3.80. The van der Waals surface area contributed by atoms with Crippen LogP contribution in [0.3, 0.4) is 0 Å². The van der Waals surface area contributed by atoms with Crippen molar-refractivity contribution in [3.63, 3.8) is 0 Å². The quantitative estimate of drug-likeness (QED) is 0.916. The van der Waals surface area contributed by atoms with Gasteiger partial charge in [0.05, 0.1) is 5.92 Å². The van der Waals surface area contributed by atoms with E-state index >= 15 is 0 Å². The molecule has 2 bridgehead atoms. The molecule has 3 heteroatoms. The van der Waals surface area contributed by atoms with Gasteiger partial charge in [-0.3, -0.25) is 4.79 Å². The average Bonchev–Trinajstić information content (AvgIpc) is 3.03. The highest BCUT2D eigenvalue weighted by Crippen LogP contribution is 2.34. The second kappa shape index (κ2) is 5.21. The maximum Gasteiger partial charge on any atom is 0.227 e. The molecule has 2 heterocycles. The highest BCUT2D eigenvalue weighted by molar-refractivity contribution is 5.80. The molecule has 0 aromatic heterocycles. The van der Waals surface area contributed by atoms with Gasteiger partial charge in [-0.05, 0) is 44.2 Å². The Balaban J connectivity index is 1.66. The van der Waals surface area contributed by atoms with Crippen LogP contribution in [0.2, 0.25) is 0 Å². The van der Waals surface area contributed by atoms with E-state index in [1.54, 1.807) is 0 Å². The van der Waals surface area contributed by atoms with Gasteiger partial charge >= 0.3 is 0 Å². The lowest BCUT2D eigenvalue weighted by molar-refractivity contribution is -0.135. The van der Waals surface area contributed by atoms with Crippen LogP contribution in [-0.4, -0.2) is 29.9 Å². The van der Waals surface area contributed by atoms with Crippen LogP contribution in [0.5, 0.6) is 0 Å². The van der Waals surface area contributed by atoms with Gasteiger partial charge in [-0.15, -0.1) is 0 Å². The Morgan fingerprint density at radius 3 is 2.75 bits per heavy atom. The predicted octanol–water partition coefficient (Wildman–Crippen LogP) is 2.40. The highest BCUT2D eigenvalue weighted by Gasteiger charge is 2.43. The molecule has 3 rings (SSSR count). The van der Waals surface area contributed by atoms with E-state index in [2.05, 4.69) is 37.4 Å². The number of rotatable bonds is 3. The smallest absolute Gasteiger partial charge is 0.227 e. The van der Waals surface area contributed by atoms with E-state index in [-0.39, 0.29) is 5.92 Å². The second-order valence-electron chi connectivity index (χ2n) is 6.51. The maximum atomic E-state index is 12.6. The molecule has 0 aliphatic carbocycles. The van der Waals surface area contributed by atoms with Crippen LogP contribution in [0.25, 0.3) is 0 Å². The minimum atomic E-state index is 0.199. The number of amides is 1. The third-order valence-electron chi connectivity index (χ3n) is 4.90. The van der Waals surface area contributed by atoms with Gasteiger partial charge in [0.2, 0.25) is 5.91 Å².